The zero-order valence-electron chi connectivity index (χ0n) is 12.0. The summed E-state index contributed by atoms with van der Waals surface area (Å²) in [6.07, 6.45) is 9.39. The van der Waals surface area contributed by atoms with Crippen molar-refractivity contribution in [1.29, 1.82) is 0 Å². The van der Waals surface area contributed by atoms with E-state index in [1.165, 1.54) is 61.6 Å². The van der Waals surface area contributed by atoms with Crippen LogP contribution in [0.4, 0.5) is 0 Å². The monoisotopic (exact) mass is 245 g/mol. The maximum absolute atomic E-state index is 5.81. The van der Waals surface area contributed by atoms with Crippen LogP contribution in [0.1, 0.15) is 55.2 Å². The lowest BCUT2D eigenvalue weighted by Crippen LogP contribution is -2.22. The summed E-state index contributed by atoms with van der Waals surface area (Å²) in [6.45, 7) is 5.27. The van der Waals surface area contributed by atoms with Gasteiger partial charge in [-0.2, -0.15) is 0 Å². The molecule has 0 spiro atoms. The lowest BCUT2D eigenvalue weighted by Gasteiger charge is -2.29. The molecule has 0 radical (unpaired) electrons. The normalized spacial score (nSPS) is 18.2. The van der Waals surface area contributed by atoms with Crippen molar-refractivity contribution in [1.82, 2.24) is 0 Å². The molecule has 2 N–H and O–H groups in total. The smallest absolute Gasteiger partial charge is 0.00720 e. The highest BCUT2D eigenvalue weighted by Crippen LogP contribution is 2.44. The highest BCUT2D eigenvalue weighted by Gasteiger charge is 2.32. The molecule has 0 saturated heterocycles. The SMILES string of the molecule is Cc1ccc(CCC2(CCN)CCCC2)c(C)c1. The van der Waals surface area contributed by atoms with Crippen molar-refractivity contribution in [3.8, 4) is 0 Å². The summed E-state index contributed by atoms with van der Waals surface area (Å²) in [5.74, 6) is 0. The minimum absolute atomic E-state index is 0.562. The van der Waals surface area contributed by atoms with Crippen LogP contribution in [0.25, 0.3) is 0 Å². The number of hydrogen-bond donors (Lipinski definition) is 1. The van der Waals surface area contributed by atoms with Gasteiger partial charge in [-0.25, -0.2) is 0 Å². The fourth-order valence-corrected chi connectivity index (χ4v) is 3.58. The Bertz CT molecular complexity index is 389. The van der Waals surface area contributed by atoms with Gasteiger partial charge in [0.1, 0.15) is 0 Å². The Morgan fingerprint density at radius 2 is 1.83 bits per heavy atom. The summed E-state index contributed by atoms with van der Waals surface area (Å²) in [6, 6.07) is 6.86. The Kier molecular flexibility index (Phi) is 4.45. The molecule has 0 atom stereocenters. The molecular weight excluding hydrogens is 218 g/mol. The third-order valence-electron chi connectivity index (χ3n) is 4.76. The lowest BCUT2D eigenvalue weighted by atomic mass is 9.77. The Morgan fingerprint density at radius 1 is 1.11 bits per heavy atom. The first kappa shape index (κ1) is 13.6. The second-order valence-electron chi connectivity index (χ2n) is 6.18. The molecule has 1 aromatic rings. The van der Waals surface area contributed by atoms with E-state index in [0.29, 0.717) is 5.41 Å². The van der Waals surface area contributed by atoms with E-state index < -0.39 is 0 Å². The molecule has 0 bridgehead atoms. The predicted octanol–water partition coefficient (Wildman–Crippen LogP) is 4.15. The number of aryl methyl sites for hydroxylation is 3. The molecule has 1 fully saturated rings. The number of nitrogens with two attached hydrogens (primary N) is 1. The Morgan fingerprint density at radius 3 is 2.44 bits per heavy atom. The van der Waals surface area contributed by atoms with Gasteiger partial charge >= 0.3 is 0 Å². The average Bonchev–Trinajstić information content (AvgIpc) is 2.77. The zero-order valence-corrected chi connectivity index (χ0v) is 12.0. The Labute approximate surface area is 112 Å². The van der Waals surface area contributed by atoms with E-state index in [-0.39, 0.29) is 0 Å². The summed E-state index contributed by atoms with van der Waals surface area (Å²) in [4.78, 5) is 0. The number of hydrogen-bond acceptors (Lipinski definition) is 1. The minimum Gasteiger partial charge on any atom is -0.330 e. The minimum atomic E-state index is 0.562. The van der Waals surface area contributed by atoms with E-state index in [4.69, 9.17) is 5.73 Å². The van der Waals surface area contributed by atoms with E-state index in [0.717, 1.165) is 6.54 Å². The van der Waals surface area contributed by atoms with Gasteiger partial charge in [-0.3, -0.25) is 0 Å². The van der Waals surface area contributed by atoms with Gasteiger partial charge in [0.2, 0.25) is 0 Å². The van der Waals surface area contributed by atoms with Crippen LogP contribution in [0.15, 0.2) is 18.2 Å². The highest BCUT2D eigenvalue weighted by atomic mass is 14.5. The van der Waals surface area contributed by atoms with Crippen molar-refractivity contribution in [3.05, 3.63) is 34.9 Å². The van der Waals surface area contributed by atoms with Gasteiger partial charge in [0, 0.05) is 0 Å². The molecule has 0 heterocycles. The molecular formula is C17H27N. The molecule has 0 aliphatic heterocycles. The first-order valence-corrected chi connectivity index (χ1v) is 7.41. The van der Waals surface area contributed by atoms with Crippen LogP contribution in [-0.4, -0.2) is 6.54 Å². The third kappa shape index (κ3) is 3.14. The summed E-state index contributed by atoms with van der Waals surface area (Å²) in [7, 11) is 0. The van der Waals surface area contributed by atoms with Crippen LogP contribution >= 0.6 is 0 Å². The molecule has 1 aliphatic rings. The van der Waals surface area contributed by atoms with Crippen molar-refractivity contribution in [2.45, 2.75) is 58.8 Å². The quantitative estimate of drug-likeness (QED) is 0.828. The van der Waals surface area contributed by atoms with Gasteiger partial charge in [0.25, 0.3) is 0 Å². The predicted molar refractivity (Wildman–Crippen MR) is 78.8 cm³/mol. The van der Waals surface area contributed by atoms with Crippen molar-refractivity contribution in [2.24, 2.45) is 11.1 Å². The van der Waals surface area contributed by atoms with Crippen molar-refractivity contribution in [3.63, 3.8) is 0 Å². The molecule has 1 heteroatoms. The van der Waals surface area contributed by atoms with E-state index in [2.05, 4.69) is 32.0 Å². The van der Waals surface area contributed by atoms with E-state index in [9.17, 15) is 0 Å². The second-order valence-corrected chi connectivity index (χ2v) is 6.18. The maximum atomic E-state index is 5.81. The van der Waals surface area contributed by atoms with Gasteiger partial charge in [-0.1, -0.05) is 36.6 Å². The maximum Gasteiger partial charge on any atom is -0.00720 e. The van der Waals surface area contributed by atoms with E-state index in [1.54, 1.807) is 0 Å². The number of benzene rings is 1. The summed E-state index contributed by atoms with van der Waals surface area (Å²) in [5, 5.41) is 0. The molecule has 0 aromatic heterocycles. The molecule has 18 heavy (non-hydrogen) atoms. The first-order valence-electron chi connectivity index (χ1n) is 7.41. The van der Waals surface area contributed by atoms with Gasteiger partial charge in [0.15, 0.2) is 0 Å². The lowest BCUT2D eigenvalue weighted by molar-refractivity contribution is 0.253. The van der Waals surface area contributed by atoms with Crippen LogP contribution in [0.5, 0.6) is 0 Å². The summed E-state index contributed by atoms with van der Waals surface area (Å²) >= 11 is 0. The van der Waals surface area contributed by atoms with Crippen molar-refractivity contribution >= 4 is 0 Å². The van der Waals surface area contributed by atoms with Crippen molar-refractivity contribution in [2.75, 3.05) is 6.54 Å². The van der Waals surface area contributed by atoms with Gasteiger partial charge < -0.3 is 5.73 Å². The summed E-state index contributed by atoms with van der Waals surface area (Å²) in [5.41, 5.74) is 10.7. The second kappa shape index (κ2) is 5.88. The van der Waals surface area contributed by atoms with Crippen molar-refractivity contribution < 1.29 is 0 Å². The van der Waals surface area contributed by atoms with E-state index >= 15 is 0 Å². The largest absolute Gasteiger partial charge is 0.330 e. The fraction of sp³-hybridized carbons (Fsp3) is 0.647. The molecule has 1 aliphatic carbocycles. The molecule has 0 amide bonds. The molecule has 2 rings (SSSR count). The molecule has 1 nitrogen and oxygen atoms in total. The van der Waals surface area contributed by atoms with Gasteiger partial charge in [-0.05, 0) is 69.0 Å². The van der Waals surface area contributed by atoms with E-state index in [1.807, 2.05) is 0 Å². The first-order chi connectivity index (χ1) is 8.65. The topological polar surface area (TPSA) is 26.0 Å². The van der Waals surface area contributed by atoms with Crippen LogP contribution in [0.3, 0.4) is 0 Å². The zero-order chi connectivity index (χ0) is 13.0. The summed E-state index contributed by atoms with van der Waals surface area (Å²) < 4.78 is 0. The standard InChI is InChI=1S/C17H27N/c1-14-5-6-16(15(2)13-14)7-10-17(11-12-18)8-3-4-9-17/h5-6,13H,3-4,7-12,18H2,1-2H3. The Hall–Kier alpha value is -0.820. The molecule has 1 aromatic carbocycles. The average molecular weight is 245 g/mol. The van der Waals surface area contributed by atoms with Gasteiger partial charge in [0.05, 0.1) is 0 Å². The fourth-order valence-electron chi connectivity index (χ4n) is 3.58. The van der Waals surface area contributed by atoms with Crippen LogP contribution < -0.4 is 5.73 Å². The Balaban J connectivity index is 2.01. The third-order valence-corrected chi connectivity index (χ3v) is 4.76. The molecule has 0 unspecified atom stereocenters. The number of rotatable bonds is 5. The molecule has 100 valence electrons. The van der Waals surface area contributed by atoms with Crippen LogP contribution in [0.2, 0.25) is 0 Å². The highest BCUT2D eigenvalue weighted by molar-refractivity contribution is 5.30. The van der Waals surface area contributed by atoms with Crippen LogP contribution in [0, 0.1) is 19.3 Å². The molecule has 1 saturated carbocycles. The van der Waals surface area contributed by atoms with Gasteiger partial charge in [-0.15, -0.1) is 0 Å². The van der Waals surface area contributed by atoms with Crippen LogP contribution in [-0.2, 0) is 6.42 Å².